The number of hydrogen-bond donors (Lipinski definition) is 0. The molecular formula is C38H25N3S. The van der Waals surface area contributed by atoms with Crippen molar-refractivity contribution in [2.75, 3.05) is 0 Å². The third-order valence-corrected chi connectivity index (χ3v) is 9.42. The van der Waals surface area contributed by atoms with Gasteiger partial charge in [0, 0.05) is 22.2 Å². The standard InChI is InChI=1S/C38H25N3S/c1-3-9-25(10-4-1)27-15-18-35-31(22-27)32-23-28(26-11-5-2-6-12-26)16-19-36(32)40(35)30-17-20-34-29(21-30)24-42-38-39-33-13-7-8-14-37(33)41(34)38/h1-23H,24H2. The summed E-state index contributed by atoms with van der Waals surface area (Å²) in [5, 5.41) is 3.59. The zero-order valence-electron chi connectivity index (χ0n) is 22.7. The molecule has 0 saturated carbocycles. The first-order chi connectivity index (χ1) is 20.8. The average molecular weight is 556 g/mol. The quantitative estimate of drug-likeness (QED) is 0.216. The molecule has 3 nitrogen and oxygen atoms in total. The normalized spacial score (nSPS) is 12.6. The Kier molecular flexibility index (Phi) is 5.19. The number of hydrogen-bond acceptors (Lipinski definition) is 2. The molecule has 0 spiro atoms. The number of benzene rings is 6. The minimum atomic E-state index is 0.903. The van der Waals surface area contributed by atoms with Crippen LogP contribution in [0.15, 0.2) is 145 Å². The van der Waals surface area contributed by atoms with E-state index in [2.05, 4.69) is 149 Å². The molecule has 42 heavy (non-hydrogen) atoms. The summed E-state index contributed by atoms with van der Waals surface area (Å²) in [6, 6.07) is 50.4. The molecule has 198 valence electrons. The van der Waals surface area contributed by atoms with Crippen molar-refractivity contribution in [3.05, 3.63) is 145 Å². The maximum absolute atomic E-state index is 4.89. The van der Waals surface area contributed by atoms with E-state index in [1.54, 1.807) is 0 Å². The zero-order valence-corrected chi connectivity index (χ0v) is 23.6. The number of imidazole rings is 1. The van der Waals surface area contributed by atoms with Gasteiger partial charge in [0.2, 0.25) is 0 Å². The van der Waals surface area contributed by atoms with Gasteiger partial charge in [0.05, 0.1) is 27.8 Å². The number of rotatable bonds is 3. The van der Waals surface area contributed by atoms with Crippen LogP contribution in [0, 0.1) is 0 Å². The number of aromatic nitrogens is 3. The van der Waals surface area contributed by atoms with Crippen LogP contribution >= 0.6 is 11.8 Å². The topological polar surface area (TPSA) is 22.8 Å². The molecule has 1 aliphatic rings. The highest BCUT2D eigenvalue weighted by Crippen LogP contribution is 2.41. The van der Waals surface area contributed by atoms with Gasteiger partial charge in [-0.15, -0.1) is 0 Å². The van der Waals surface area contributed by atoms with Crippen molar-refractivity contribution < 1.29 is 0 Å². The molecule has 2 aromatic heterocycles. The first-order valence-electron chi connectivity index (χ1n) is 14.2. The monoisotopic (exact) mass is 555 g/mol. The summed E-state index contributed by atoms with van der Waals surface area (Å²) in [7, 11) is 0. The van der Waals surface area contributed by atoms with Gasteiger partial charge in [-0.1, -0.05) is 96.7 Å². The molecule has 0 unspecified atom stereocenters. The van der Waals surface area contributed by atoms with Crippen molar-refractivity contribution in [3.8, 4) is 33.6 Å². The lowest BCUT2D eigenvalue weighted by Crippen LogP contribution is -2.07. The Hall–Kier alpha value is -5.06. The molecule has 0 radical (unpaired) electrons. The van der Waals surface area contributed by atoms with Gasteiger partial charge >= 0.3 is 0 Å². The van der Waals surface area contributed by atoms with Gasteiger partial charge in [0.25, 0.3) is 0 Å². The fourth-order valence-corrected chi connectivity index (χ4v) is 7.45. The van der Waals surface area contributed by atoms with Gasteiger partial charge in [0.15, 0.2) is 5.16 Å². The first kappa shape index (κ1) is 23.6. The molecule has 0 amide bonds. The second-order valence-electron chi connectivity index (χ2n) is 10.9. The lowest BCUT2D eigenvalue weighted by molar-refractivity contribution is 0.893. The largest absolute Gasteiger partial charge is 0.309 e. The number of thioether (sulfide) groups is 1. The summed E-state index contributed by atoms with van der Waals surface area (Å²) in [6.45, 7) is 0. The molecule has 1 aliphatic heterocycles. The highest BCUT2D eigenvalue weighted by molar-refractivity contribution is 7.98. The molecule has 8 aromatic rings. The van der Waals surface area contributed by atoms with E-state index in [4.69, 9.17) is 4.98 Å². The Balaban J connectivity index is 1.27. The lowest BCUT2D eigenvalue weighted by atomic mass is 10.0. The van der Waals surface area contributed by atoms with Crippen LogP contribution in [-0.2, 0) is 5.75 Å². The van der Waals surface area contributed by atoms with Crippen LogP contribution in [-0.4, -0.2) is 14.1 Å². The van der Waals surface area contributed by atoms with Gasteiger partial charge in [0.1, 0.15) is 0 Å². The molecule has 0 fully saturated rings. The Bertz CT molecular complexity index is 2200. The SMILES string of the molecule is c1ccc(-c2ccc3c(c2)c2cc(-c4ccccc4)ccc2n3-c2ccc3c(c2)CSc2nc4ccccc4n2-3)cc1. The Labute approximate surface area is 247 Å². The molecule has 4 heteroatoms. The Morgan fingerprint density at radius 3 is 1.79 bits per heavy atom. The summed E-state index contributed by atoms with van der Waals surface area (Å²) in [5.41, 5.74) is 13.3. The van der Waals surface area contributed by atoms with Gasteiger partial charge in [-0.2, -0.15) is 0 Å². The Morgan fingerprint density at radius 1 is 0.500 bits per heavy atom. The van der Waals surface area contributed by atoms with Crippen LogP contribution in [0.25, 0.3) is 66.5 Å². The molecule has 0 saturated heterocycles. The first-order valence-corrected chi connectivity index (χ1v) is 15.2. The van der Waals surface area contributed by atoms with E-state index in [9.17, 15) is 0 Å². The van der Waals surface area contributed by atoms with E-state index in [-0.39, 0.29) is 0 Å². The van der Waals surface area contributed by atoms with Crippen molar-refractivity contribution in [2.45, 2.75) is 10.9 Å². The van der Waals surface area contributed by atoms with Crippen LogP contribution in [0.3, 0.4) is 0 Å². The summed E-state index contributed by atoms with van der Waals surface area (Å²) in [4.78, 5) is 4.89. The van der Waals surface area contributed by atoms with Crippen LogP contribution in [0.5, 0.6) is 0 Å². The Morgan fingerprint density at radius 2 is 1.12 bits per heavy atom. The predicted molar refractivity (Wildman–Crippen MR) is 176 cm³/mol. The van der Waals surface area contributed by atoms with Crippen molar-refractivity contribution in [3.63, 3.8) is 0 Å². The third kappa shape index (κ3) is 3.59. The van der Waals surface area contributed by atoms with Gasteiger partial charge in [-0.25, -0.2) is 4.98 Å². The van der Waals surface area contributed by atoms with E-state index in [0.29, 0.717) is 0 Å². The third-order valence-electron chi connectivity index (χ3n) is 8.43. The maximum atomic E-state index is 4.89. The molecular weight excluding hydrogens is 531 g/mol. The van der Waals surface area contributed by atoms with E-state index < -0.39 is 0 Å². The molecule has 0 N–H and O–H groups in total. The van der Waals surface area contributed by atoms with Crippen molar-refractivity contribution >= 4 is 44.6 Å². The molecule has 0 atom stereocenters. The second-order valence-corrected chi connectivity index (χ2v) is 11.8. The molecule has 0 bridgehead atoms. The number of para-hydroxylation sites is 2. The van der Waals surface area contributed by atoms with Crippen LogP contribution in [0.4, 0.5) is 0 Å². The van der Waals surface area contributed by atoms with Crippen molar-refractivity contribution in [2.24, 2.45) is 0 Å². The number of fused-ring (bicyclic) bond motifs is 8. The summed E-state index contributed by atoms with van der Waals surface area (Å²) in [5.74, 6) is 0.903. The fourth-order valence-electron chi connectivity index (χ4n) is 6.44. The van der Waals surface area contributed by atoms with E-state index in [1.807, 2.05) is 11.8 Å². The number of nitrogens with zero attached hydrogens (tertiary/aromatic N) is 3. The average Bonchev–Trinajstić information content (AvgIpc) is 3.60. The molecule has 9 rings (SSSR count). The molecule has 0 aliphatic carbocycles. The van der Waals surface area contributed by atoms with Gasteiger partial charge in [-0.05, 0) is 82.4 Å². The lowest BCUT2D eigenvalue weighted by Gasteiger charge is -2.20. The van der Waals surface area contributed by atoms with Crippen molar-refractivity contribution in [1.82, 2.24) is 14.1 Å². The minimum absolute atomic E-state index is 0.903. The highest BCUT2D eigenvalue weighted by atomic mass is 32.2. The predicted octanol–water partition coefficient (Wildman–Crippen LogP) is 10.1. The van der Waals surface area contributed by atoms with Gasteiger partial charge < -0.3 is 4.57 Å². The van der Waals surface area contributed by atoms with E-state index >= 15 is 0 Å². The molecule has 6 aromatic carbocycles. The maximum Gasteiger partial charge on any atom is 0.174 e. The van der Waals surface area contributed by atoms with Crippen molar-refractivity contribution in [1.29, 1.82) is 0 Å². The fraction of sp³-hybridized carbons (Fsp3) is 0.0263. The van der Waals surface area contributed by atoms with Gasteiger partial charge in [-0.3, -0.25) is 4.57 Å². The smallest absolute Gasteiger partial charge is 0.174 e. The van der Waals surface area contributed by atoms with Crippen LogP contribution < -0.4 is 0 Å². The summed E-state index contributed by atoms with van der Waals surface area (Å²) >= 11 is 1.81. The van der Waals surface area contributed by atoms with Crippen LogP contribution in [0.2, 0.25) is 0 Å². The summed E-state index contributed by atoms with van der Waals surface area (Å²) in [6.07, 6.45) is 0. The van der Waals surface area contributed by atoms with E-state index in [1.165, 1.54) is 61.0 Å². The molecule has 3 heterocycles. The minimum Gasteiger partial charge on any atom is -0.309 e. The zero-order chi connectivity index (χ0) is 27.6. The summed E-state index contributed by atoms with van der Waals surface area (Å²) < 4.78 is 4.74. The van der Waals surface area contributed by atoms with E-state index in [0.717, 1.165) is 21.9 Å². The second kappa shape index (κ2) is 9.23. The highest BCUT2D eigenvalue weighted by Gasteiger charge is 2.22. The van der Waals surface area contributed by atoms with Crippen LogP contribution in [0.1, 0.15) is 5.56 Å².